The summed E-state index contributed by atoms with van der Waals surface area (Å²) in [4.78, 5) is 4.98. The zero-order chi connectivity index (χ0) is 13.0. The van der Waals surface area contributed by atoms with Crippen LogP contribution < -0.4 is 5.73 Å². The Morgan fingerprint density at radius 3 is 2.94 bits per heavy atom. The average Bonchev–Trinajstić information content (AvgIpc) is 2.37. The third kappa shape index (κ3) is 3.31. The van der Waals surface area contributed by atoms with Crippen molar-refractivity contribution in [3.8, 4) is 0 Å². The van der Waals surface area contributed by atoms with Crippen molar-refractivity contribution in [3.63, 3.8) is 0 Å². The smallest absolute Gasteiger partial charge is 0.124 e. The van der Waals surface area contributed by atoms with Crippen LogP contribution >= 0.6 is 11.8 Å². The van der Waals surface area contributed by atoms with Crippen LogP contribution in [0.2, 0.25) is 0 Å². The van der Waals surface area contributed by atoms with Crippen molar-refractivity contribution in [2.45, 2.75) is 17.9 Å². The Morgan fingerprint density at radius 1 is 1.39 bits per heavy atom. The van der Waals surface area contributed by atoms with Crippen LogP contribution in [-0.4, -0.2) is 10.7 Å². The van der Waals surface area contributed by atoms with Crippen LogP contribution in [0.5, 0.6) is 0 Å². The van der Waals surface area contributed by atoms with Crippen molar-refractivity contribution < 1.29 is 4.39 Å². The minimum Gasteiger partial charge on any atom is -0.323 e. The third-order valence-electron chi connectivity index (χ3n) is 2.70. The first-order chi connectivity index (χ1) is 8.66. The molecule has 94 valence electrons. The predicted octanol–water partition coefficient (Wildman–Crippen LogP) is 3.32. The third-order valence-corrected chi connectivity index (χ3v) is 3.82. The number of pyridine rings is 1. The zero-order valence-corrected chi connectivity index (χ0v) is 11.0. The van der Waals surface area contributed by atoms with E-state index in [0.29, 0.717) is 5.75 Å². The highest BCUT2D eigenvalue weighted by Crippen LogP contribution is 2.24. The Morgan fingerprint density at radius 2 is 2.22 bits per heavy atom. The van der Waals surface area contributed by atoms with Gasteiger partial charge in [-0.15, -0.1) is 11.8 Å². The summed E-state index contributed by atoms with van der Waals surface area (Å²) in [5.41, 5.74) is 8.31. The topological polar surface area (TPSA) is 38.9 Å². The van der Waals surface area contributed by atoms with E-state index in [2.05, 4.69) is 4.98 Å². The highest BCUT2D eigenvalue weighted by atomic mass is 32.2. The summed E-state index contributed by atoms with van der Waals surface area (Å²) < 4.78 is 13.0. The van der Waals surface area contributed by atoms with E-state index < -0.39 is 0 Å². The number of thioether (sulfide) groups is 1. The van der Waals surface area contributed by atoms with Crippen LogP contribution in [0, 0.1) is 12.7 Å². The van der Waals surface area contributed by atoms with E-state index in [1.807, 2.05) is 19.1 Å². The fourth-order valence-corrected chi connectivity index (χ4v) is 2.62. The van der Waals surface area contributed by atoms with E-state index in [0.717, 1.165) is 16.0 Å². The minimum atomic E-state index is -0.217. The molecule has 2 N–H and O–H groups in total. The van der Waals surface area contributed by atoms with E-state index in [1.165, 1.54) is 12.1 Å². The number of aromatic nitrogens is 1. The van der Waals surface area contributed by atoms with Crippen molar-refractivity contribution in [2.75, 3.05) is 5.75 Å². The fourth-order valence-electron chi connectivity index (χ4n) is 1.70. The Balaban J connectivity index is 2.00. The number of nitrogens with two attached hydrogens (primary N) is 1. The van der Waals surface area contributed by atoms with E-state index in [4.69, 9.17) is 5.73 Å². The molecule has 0 aliphatic carbocycles. The standard InChI is InChI=1S/C14H15FN2S/c1-10-5-6-17-8-13(10)14(16)9-18-12-4-2-3-11(15)7-12/h2-8,14H,9,16H2,1H3. The van der Waals surface area contributed by atoms with Gasteiger partial charge in [-0.25, -0.2) is 4.39 Å². The molecule has 0 aliphatic heterocycles. The van der Waals surface area contributed by atoms with E-state index in [9.17, 15) is 4.39 Å². The SMILES string of the molecule is Cc1ccncc1C(N)CSc1cccc(F)c1. The fraction of sp³-hybridized carbons (Fsp3) is 0.214. The first-order valence-corrected chi connectivity index (χ1v) is 6.70. The van der Waals surface area contributed by atoms with E-state index in [-0.39, 0.29) is 11.9 Å². The molecule has 0 bridgehead atoms. The predicted molar refractivity (Wildman–Crippen MR) is 73.0 cm³/mol. The van der Waals surface area contributed by atoms with Crippen molar-refractivity contribution in [1.82, 2.24) is 4.98 Å². The minimum absolute atomic E-state index is 0.0908. The van der Waals surface area contributed by atoms with Gasteiger partial charge in [-0.05, 0) is 42.3 Å². The molecule has 1 aromatic carbocycles. The molecule has 1 unspecified atom stereocenters. The lowest BCUT2D eigenvalue weighted by molar-refractivity contribution is 0.624. The highest BCUT2D eigenvalue weighted by molar-refractivity contribution is 7.99. The summed E-state index contributed by atoms with van der Waals surface area (Å²) in [6, 6.07) is 8.41. The second-order valence-corrected chi connectivity index (χ2v) is 5.20. The van der Waals surface area contributed by atoms with Crippen LogP contribution in [0.3, 0.4) is 0 Å². The van der Waals surface area contributed by atoms with Gasteiger partial charge in [-0.2, -0.15) is 0 Å². The quantitative estimate of drug-likeness (QED) is 0.859. The lowest BCUT2D eigenvalue weighted by atomic mass is 10.1. The van der Waals surface area contributed by atoms with Gasteiger partial charge in [0.25, 0.3) is 0 Å². The molecule has 2 aromatic rings. The number of rotatable bonds is 4. The number of benzene rings is 1. The van der Waals surface area contributed by atoms with Crippen LogP contribution in [0.1, 0.15) is 17.2 Å². The van der Waals surface area contributed by atoms with Crippen molar-refractivity contribution in [1.29, 1.82) is 0 Å². The molecule has 18 heavy (non-hydrogen) atoms. The Hall–Kier alpha value is -1.39. The molecule has 0 saturated carbocycles. The van der Waals surface area contributed by atoms with Crippen LogP contribution in [0.4, 0.5) is 4.39 Å². The van der Waals surface area contributed by atoms with Gasteiger partial charge >= 0.3 is 0 Å². The van der Waals surface area contributed by atoms with Gasteiger partial charge < -0.3 is 5.73 Å². The van der Waals surface area contributed by atoms with Gasteiger partial charge in [-0.3, -0.25) is 4.98 Å². The van der Waals surface area contributed by atoms with Gasteiger partial charge in [-0.1, -0.05) is 6.07 Å². The second-order valence-electron chi connectivity index (χ2n) is 4.11. The van der Waals surface area contributed by atoms with Gasteiger partial charge in [0.05, 0.1) is 0 Å². The average molecular weight is 262 g/mol. The van der Waals surface area contributed by atoms with Crippen LogP contribution in [-0.2, 0) is 0 Å². The molecule has 0 saturated heterocycles. The molecule has 1 aromatic heterocycles. The summed E-state index contributed by atoms with van der Waals surface area (Å²) >= 11 is 1.55. The number of nitrogens with zero attached hydrogens (tertiary/aromatic N) is 1. The molecule has 1 heterocycles. The summed E-state index contributed by atoms with van der Waals surface area (Å²) in [7, 11) is 0. The molecule has 0 spiro atoms. The number of aryl methyl sites for hydroxylation is 1. The Kier molecular flexibility index (Phi) is 4.33. The molecule has 2 rings (SSSR count). The summed E-state index contributed by atoms with van der Waals surface area (Å²) in [5, 5.41) is 0. The zero-order valence-electron chi connectivity index (χ0n) is 10.1. The maximum atomic E-state index is 13.0. The molecule has 0 amide bonds. The number of hydrogen-bond donors (Lipinski definition) is 1. The van der Waals surface area contributed by atoms with Gasteiger partial charge in [0.1, 0.15) is 5.82 Å². The Bertz CT molecular complexity index is 531. The van der Waals surface area contributed by atoms with Gasteiger partial charge in [0, 0.05) is 29.1 Å². The highest BCUT2D eigenvalue weighted by Gasteiger charge is 2.09. The summed E-state index contributed by atoms with van der Waals surface area (Å²) in [6.45, 7) is 2.02. The van der Waals surface area contributed by atoms with Crippen LogP contribution in [0.15, 0.2) is 47.6 Å². The van der Waals surface area contributed by atoms with Gasteiger partial charge in [0.2, 0.25) is 0 Å². The monoisotopic (exact) mass is 262 g/mol. The summed E-state index contributed by atoms with van der Waals surface area (Å²) in [6.07, 6.45) is 3.55. The van der Waals surface area contributed by atoms with E-state index >= 15 is 0 Å². The molecule has 2 nitrogen and oxygen atoms in total. The van der Waals surface area contributed by atoms with Crippen molar-refractivity contribution in [3.05, 3.63) is 59.7 Å². The van der Waals surface area contributed by atoms with Crippen molar-refractivity contribution in [2.24, 2.45) is 5.73 Å². The summed E-state index contributed by atoms with van der Waals surface area (Å²) in [5.74, 6) is 0.488. The lowest BCUT2D eigenvalue weighted by Gasteiger charge is -2.13. The lowest BCUT2D eigenvalue weighted by Crippen LogP contribution is -2.14. The number of hydrogen-bond acceptors (Lipinski definition) is 3. The first-order valence-electron chi connectivity index (χ1n) is 5.71. The van der Waals surface area contributed by atoms with E-state index in [1.54, 1.807) is 30.2 Å². The maximum absolute atomic E-state index is 13.0. The second kappa shape index (κ2) is 5.98. The molecule has 4 heteroatoms. The molecule has 1 atom stereocenters. The molecular weight excluding hydrogens is 247 g/mol. The maximum Gasteiger partial charge on any atom is 0.124 e. The molecular formula is C14H15FN2S. The molecule has 0 aliphatic rings. The van der Waals surface area contributed by atoms with Crippen molar-refractivity contribution >= 4 is 11.8 Å². The van der Waals surface area contributed by atoms with Gasteiger partial charge in [0.15, 0.2) is 0 Å². The number of halogens is 1. The largest absolute Gasteiger partial charge is 0.323 e. The van der Waals surface area contributed by atoms with Crippen LogP contribution in [0.25, 0.3) is 0 Å². The first kappa shape index (κ1) is 13.1. The Labute approximate surface area is 110 Å². The molecule has 0 radical (unpaired) electrons. The molecule has 0 fully saturated rings. The normalized spacial score (nSPS) is 12.4.